The second-order valence-corrected chi connectivity index (χ2v) is 4.45. The van der Waals surface area contributed by atoms with Crippen LogP contribution in [0.1, 0.15) is 29.9 Å². The fourth-order valence-electron chi connectivity index (χ4n) is 1.34. The van der Waals surface area contributed by atoms with Crippen molar-refractivity contribution in [3.05, 3.63) is 32.9 Å². The van der Waals surface area contributed by atoms with E-state index in [9.17, 15) is 0 Å². The predicted molar refractivity (Wildman–Crippen MR) is 55.9 cm³/mol. The maximum atomic E-state index is 2.38. The topological polar surface area (TPSA) is 0 Å². The van der Waals surface area contributed by atoms with Crippen LogP contribution < -0.4 is 0 Å². The molecule has 0 amide bonds. The van der Waals surface area contributed by atoms with Crippen molar-refractivity contribution in [2.24, 2.45) is 0 Å². The summed E-state index contributed by atoms with van der Waals surface area (Å²) in [5.41, 5.74) is 2.97. The van der Waals surface area contributed by atoms with Crippen molar-refractivity contribution in [1.29, 1.82) is 0 Å². The standard InChI is InChI=1S/C10H11I/c1-7-6-9(8-2-3-8)4-5-10(7)11/h4-6,8H,2-3H2,1H3. The third kappa shape index (κ3) is 1.58. The highest BCUT2D eigenvalue weighted by Crippen LogP contribution is 2.40. The van der Waals surface area contributed by atoms with Crippen LogP contribution in [0.2, 0.25) is 0 Å². The first-order chi connectivity index (χ1) is 5.27. The Hall–Kier alpha value is -0.0500. The number of hydrogen-bond acceptors (Lipinski definition) is 0. The van der Waals surface area contributed by atoms with Crippen LogP contribution in [0.15, 0.2) is 18.2 Å². The van der Waals surface area contributed by atoms with Crippen molar-refractivity contribution >= 4 is 22.6 Å². The van der Waals surface area contributed by atoms with Crippen molar-refractivity contribution in [3.8, 4) is 0 Å². The third-order valence-electron chi connectivity index (χ3n) is 2.23. The molecule has 58 valence electrons. The molecule has 0 N–H and O–H groups in total. The summed E-state index contributed by atoms with van der Waals surface area (Å²) in [6, 6.07) is 6.83. The average Bonchev–Trinajstić information content (AvgIpc) is 2.77. The van der Waals surface area contributed by atoms with Gasteiger partial charge in [-0.15, -0.1) is 0 Å². The number of aryl methyl sites for hydroxylation is 1. The van der Waals surface area contributed by atoms with Crippen LogP contribution in [-0.2, 0) is 0 Å². The summed E-state index contributed by atoms with van der Waals surface area (Å²) in [6.45, 7) is 2.19. The largest absolute Gasteiger partial charge is 0.0577 e. The molecule has 0 spiro atoms. The SMILES string of the molecule is Cc1cc(C2CC2)ccc1I. The fraction of sp³-hybridized carbons (Fsp3) is 0.400. The Morgan fingerprint density at radius 1 is 1.36 bits per heavy atom. The highest BCUT2D eigenvalue weighted by Gasteiger charge is 2.23. The van der Waals surface area contributed by atoms with E-state index in [2.05, 4.69) is 47.7 Å². The minimum absolute atomic E-state index is 0.894. The molecule has 0 radical (unpaired) electrons. The lowest BCUT2D eigenvalue weighted by Gasteiger charge is -2.01. The number of rotatable bonds is 1. The van der Waals surface area contributed by atoms with Crippen LogP contribution in [0.4, 0.5) is 0 Å². The lowest BCUT2D eigenvalue weighted by Crippen LogP contribution is -1.83. The van der Waals surface area contributed by atoms with Gasteiger partial charge in [-0.3, -0.25) is 0 Å². The lowest BCUT2D eigenvalue weighted by atomic mass is 10.1. The van der Waals surface area contributed by atoms with Crippen LogP contribution in [0.5, 0.6) is 0 Å². The molecule has 1 aromatic carbocycles. The second kappa shape index (κ2) is 2.77. The van der Waals surface area contributed by atoms with Gasteiger partial charge in [0.1, 0.15) is 0 Å². The Balaban J connectivity index is 2.36. The normalized spacial score (nSPS) is 16.9. The molecule has 0 unspecified atom stereocenters. The zero-order valence-electron chi connectivity index (χ0n) is 6.60. The zero-order chi connectivity index (χ0) is 7.84. The zero-order valence-corrected chi connectivity index (χ0v) is 8.76. The summed E-state index contributed by atoms with van der Waals surface area (Å²) >= 11 is 2.38. The second-order valence-electron chi connectivity index (χ2n) is 3.28. The molecular formula is C10H11I. The predicted octanol–water partition coefficient (Wildman–Crippen LogP) is 3.48. The van der Waals surface area contributed by atoms with Gasteiger partial charge in [0.25, 0.3) is 0 Å². The van der Waals surface area contributed by atoms with Crippen molar-refractivity contribution < 1.29 is 0 Å². The minimum atomic E-state index is 0.894. The van der Waals surface area contributed by atoms with Gasteiger partial charge in [0.15, 0.2) is 0 Å². The molecule has 0 bridgehead atoms. The molecule has 1 heteroatoms. The maximum Gasteiger partial charge on any atom is 0.0159 e. The Morgan fingerprint density at radius 2 is 2.09 bits per heavy atom. The molecule has 0 saturated heterocycles. The Labute approximate surface area is 81.1 Å². The van der Waals surface area contributed by atoms with Gasteiger partial charge in [-0.25, -0.2) is 0 Å². The molecule has 2 rings (SSSR count). The van der Waals surface area contributed by atoms with E-state index < -0.39 is 0 Å². The van der Waals surface area contributed by atoms with Crippen LogP contribution in [0, 0.1) is 10.5 Å². The molecule has 1 saturated carbocycles. The molecule has 0 aromatic heterocycles. The summed E-state index contributed by atoms with van der Waals surface area (Å²) in [7, 11) is 0. The van der Waals surface area contributed by atoms with E-state index in [0.717, 1.165) is 5.92 Å². The van der Waals surface area contributed by atoms with E-state index in [1.54, 1.807) is 5.56 Å². The van der Waals surface area contributed by atoms with Gasteiger partial charge in [-0.2, -0.15) is 0 Å². The van der Waals surface area contributed by atoms with Gasteiger partial charge in [0, 0.05) is 3.57 Å². The summed E-state index contributed by atoms with van der Waals surface area (Å²) in [6.07, 6.45) is 2.81. The molecule has 11 heavy (non-hydrogen) atoms. The summed E-state index contributed by atoms with van der Waals surface area (Å²) in [5.74, 6) is 0.894. The smallest absolute Gasteiger partial charge is 0.0159 e. The number of hydrogen-bond donors (Lipinski definition) is 0. The monoisotopic (exact) mass is 258 g/mol. The molecule has 1 aliphatic carbocycles. The Bertz CT molecular complexity index is 274. The summed E-state index contributed by atoms with van der Waals surface area (Å²) in [5, 5.41) is 0. The average molecular weight is 258 g/mol. The summed E-state index contributed by atoms with van der Waals surface area (Å²) in [4.78, 5) is 0. The quantitative estimate of drug-likeness (QED) is 0.676. The van der Waals surface area contributed by atoms with Gasteiger partial charge >= 0.3 is 0 Å². The van der Waals surface area contributed by atoms with Gasteiger partial charge in [-0.05, 0) is 65.5 Å². The first-order valence-electron chi connectivity index (χ1n) is 4.03. The molecule has 1 fully saturated rings. The van der Waals surface area contributed by atoms with Crippen molar-refractivity contribution in [2.75, 3.05) is 0 Å². The van der Waals surface area contributed by atoms with Crippen LogP contribution in [0.25, 0.3) is 0 Å². The molecular weight excluding hydrogens is 247 g/mol. The molecule has 0 heterocycles. The van der Waals surface area contributed by atoms with Gasteiger partial charge < -0.3 is 0 Å². The van der Waals surface area contributed by atoms with E-state index in [0.29, 0.717) is 0 Å². The van der Waals surface area contributed by atoms with Gasteiger partial charge in [-0.1, -0.05) is 12.1 Å². The maximum absolute atomic E-state index is 2.38. The van der Waals surface area contributed by atoms with Gasteiger partial charge in [0.05, 0.1) is 0 Å². The van der Waals surface area contributed by atoms with E-state index in [1.807, 2.05) is 0 Å². The van der Waals surface area contributed by atoms with E-state index in [-0.39, 0.29) is 0 Å². The molecule has 1 aliphatic rings. The van der Waals surface area contributed by atoms with Crippen molar-refractivity contribution in [2.45, 2.75) is 25.7 Å². The highest BCUT2D eigenvalue weighted by atomic mass is 127. The Morgan fingerprint density at radius 3 is 2.64 bits per heavy atom. The van der Waals surface area contributed by atoms with Crippen molar-refractivity contribution in [1.82, 2.24) is 0 Å². The van der Waals surface area contributed by atoms with Crippen LogP contribution >= 0.6 is 22.6 Å². The lowest BCUT2D eigenvalue weighted by molar-refractivity contribution is 1.12. The van der Waals surface area contributed by atoms with Crippen molar-refractivity contribution in [3.63, 3.8) is 0 Å². The Kier molecular flexibility index (Phi) is 1.91. The molecule has 0 atom stereocenters. The number of halogens is 1. The summed E-state index contributed by atoms with van der Waals surface area (Å²) < 4.78 is 1.38. The highest BCUT2D eigenvalue weighted by molar-refractivity contribution is 14.1. The van der Waals surface area contributed by atoms with Crippen LogP contribution in [-0.4, -0.2) is 0 Å². The van der Waals surface area contributed by atoms with E-state index in [4.69, 9.17) is 0 Å². The first-order valence-corrected chi connectivity index (χ1v) is 5.11. The molecule has 0 aliphatic heterocycles. The minimum Gasteiger partial charge on any atom is -0.0577 e. The third-order valence-corrected chi connectivity index (χ3v) is 3.44. The number of benzene rings is 1. The molecule has 0 nitrogen and oxygen atoms in total. The van der Waals surface area contributed by atoms with Crippen LogP contribution in [0.3, 0.4) is 0 Å². The fourth-order valence-corrected chi connectivity index (χ4v) is 1.67. The van der Waals surface area contributed by atoms with E-state index in [1.165, 1.54) is 22.0 Å². The van der Waals surface area contributed by atoms with E-state index >= 15 is 0 Å². The van der Waals surface area contributed by atoms with Gasteiger partial charge in [0.2, 0.25) is 0 Å². The molecule has 1 aromatic rings. The first kappa shape index (κ1) is 7.59.